The second-order valence-electron chi connectivity index (χ2n) is 8.82. The SMILES string of the molecule is CCN(CC)S(=O)(=O)c1ccc(S(=O)(=O)N2CCCC(C(=O)NC3CCN(C(=O)O)CC3)C2)cc1. The smallest absolute Gasteiger partial charge is 0.407 e. The maximum atomic E-state index is 13.2. The Hall–Kier alpha value is -2.22. The Kier molecular flexibility index (Phi) is 8.78. The number of piperidine rings is 2. The van der Waals surface area contributed by atoms with Crippen LogP contribution in [0.15, 0.2) is 34.1 Å². The van der Waals surface area contributed by atoms with Gasteiger partial charge < -0.3 is 15.3 Å². The molecule has 2 heterocycles. The van der Waals surface area contributed by atoms with Crippen molar-refractivity contribution in [2.45, 2.75) is 55.4 Å². The van der Waals surface area contributed by atoms with Crippen LogP contribution in [-0.4, -0.2) is 92.8 Å². The highest BCUT2D eigenvalue weighted by molar-refractivity contribution is 7.89. The molecule has 2 aliphatic heterocycles. The van der Waals surface area contributed by atoms with Crippen molar-refractivity contribution in [3.8, 4) is 0 Å². The minimum absolute atomic E-state index is 0.0157. The van der Waals surface area contributed by atoms with Gasteiger partial charge in [0.05, 0.1) is 15.7 Å². The highest BCUT2D eigenvalue weighted by Crippen LogP contribution is 2.26. The fraction of sp³-hybridized carbons (Fsp3) is 0.636. The summed E-state index contributed by atoms with van der Waals surface area (Å²) in [6, 6.07) is 5.07. The van der Waals surface area contributed by atoms with Crippen molar-refractivity contribution in [2.24, 2.45) is 5.92 Å². The zero-order valence-corrected chi connectivity index (χ0v) is 21.7. The standard InChI is InChI=1S/C22H34N4O7S2/c1-3-25(4-2)34(30,31)19-7-9-20(10-8-19)35(32,33)26-13-5-6-17(16-26)21(27)23-18-11-14-24(15-12-18)22(28)29/h7-10,17-18H,3-6,11-16H2,1-2H3,(H,23,27)(H,28,29). The van der Waals surface area contributed by atoms with Gasteiger partial charge in [0.25, 0.3) is 0 Å². The molecular formula is C22H34N4O7S2. The van der Waals surface area contributed by atoms with E-state index in [0.29, 0.717) is 51.9 Å². The van der Waals surface area contributed by atoms with Crippen LogP contribution in [0.1, 0.15) is 39.5 Å². The molecule has 2 N–H and O–H groups in total. The number of hydrogen-bond acceptors (Lipinski definition) is 6. The first-order valence-corrected chi connectivity index (χ1v) is 14.8. The molecule has 0 radical (unpaired) electrons. The second-order valence-corrected chi connectivity index (χ2v) is 12.7. The van der Waals surface area contributed by atoms with Gasteiger partial charge in [0, 0.05) is 45.3 Å². The number of benzene rings is 1. The van der Waals surface area contributed by atoms with Crippen LogP contribution >= 0.6 is 0 Å². The van der Waals surface area contributed by atoms with Crippen molar-refractivity contribution >= 4 is 32.0 Å². The third kappa shape index (κ3) is 6.13. The zero-order valence-electron chi connectivity index (χ0n) is 20.1. The van der Waals surface area contributed by atoms with Crippen molar-refractivity contribution in [1.82, 2.24) is 18.8 Å². The molecule has 3 rings (SSSR count). The zero-order chi connectivity index (χ0) is 25.8. The molecule has 13 heteroatoms. The molecule has 2 saturated heterocycles. The van der Waals surface area contributed by atoms with Gasteiger partial charge in [0.2, 0.25) is 26.0 Å². The number of carbonyl (C=O) groups is 2. The van der Waals surface area contributed by atoms with Crippen LogP contribution in [0.4, 0.5) is 4.79 Å². The molecule has 1 atom stereocenters. The highest BCUT2D eigenvalue weighted by Gasteiger charge is 2.35. The summed E-state index contributed by atoms with van der Waals surface area (Å²) < 4.78 is 54.4. The first-order chi connectivity index (χ1) is 16.5. The van der Waals surface area contributed by atoms with E-state index in [1.165, 1.54) is 37.8 Å². The van der Waals surface area contributed by atoms with E-state index in [2.05, 4.69) is 5.32 Å². The van der Waals surface area contributed by atoms with Crippen LogP contribution in [0.2, 0.25) is 0 Å². The molecule has 0 aromatic heterocycles. The Labute approximate surface area is 207 Å². The van der Waals surface area contributed by atoms with Crippen LogP contribution in [0.3, 0.4) is 0 Å². The molecule has 11 nitrogen and oxygen atoms in total. The van der Waals surface area contributed by atoms with Gasteiger partial charge >= 0.3 is 6.09 Å². The summed E-state index contributed by atoms with van der Waals surface area (Å²) in [6.07, 6.45) is 1.17. The quantitative estimate of drug-likeness (QED) is 0.516. The summed E-state index contributed by atoms with van der Waals surface area (Å²) in [5, 5.41) is 12.0. The highest BCUT2D eigenvalue weighted by atomic mass is 32.2. The normalized spacial score (nSPS) is 20.7. The van der Waals surface area contributed by atoms with E-state index in [0.717, 1.165) is 0 Å². The van der Waals surface area contributed by atoms with Crippen molar-refractivity contribution < 1.29 is 31.5 Å². The summed E-state index contributed by atoms with van der Waals surface area (Å²) in [6.45, 7) is 5.13. The van der Waals surface area contributed by atoms with E-state index < -0.39 is 32.1 Å². The van der Waals surface area contributed by atoms with Crippen molar-refractivity contribution in [3.63, 3.8) is 0 Å². The molecule has 1 aromatic rings. The predicted octanol–water partition coefficient (Wildman–Crippen LogP) is 1.38. The van der Waals surface area contributed by atoms with Crippen LogP contribution in [-0.2, 0) is 24.8 Å². The van der Waals surface area contributed by atoms with E-state index >= 15 is 0 Å². The Bertz CT molecular complexity index is 1110. The maximum Gasteiger partial charge on any atom is 0.407 e. The van der Waals surface area contributed by atoms with Crippen molar-refractivity contribution in [2.75, 3.05) is 39.3 Å². The van der Waals surface area contributed by atoms with Gasteiger partial charge in [-0.1, -0.05) is 13.8 Å². The predicted molar refractivity (Wildman–Crippen MR) is 129 cm³/mol. The van der Waals surface area contributed by atoms with Gasteiger partial charge in [-0.25, -0.2) is 21.6 Å². The lowest BCUT2D eigenvalue weighted by atomic mass is 9.97. The number of nitrogens with zero attached hydrogens (tertiary/aromatic N) is 3. The fourth-order valence-corrected chi connectivity index (χ4v) is 7.54. The number of nitrogens with one attached hydrogen (secondary N) is 1. The van der Waals surface area contributed by atoms with E-state index in [-0.39, 0.29) is 34.8 Å². The van der Waals surface area contributed by atoms with Crippen LogP contribution in [0.5, 0.6) is 0 Å². The van der Waals surface area contributed by atoms with Crippen LogP contribution < -0.4 is 5.32 Å². The number of carbonyl (C=O) groups excluding carboxylic acids is 1. The minimum atomic E-state index is -3.90. The third-order valence-electron chi connectivity index (χ3n) is 6.67. The van der Waals surface area contributed by atoms with Crippen molar-refractivity contribution in [3.05, 3.63) is 24.3 Å². The first-order valence-electron chi connectivity index (χ1n) is 11.9. The molecule has 0 aliphatic carbocycles. The molecule has 2 amide bonds. The maximum absolute atomic E-state index is 13.2. The molecule has 2 fully saturated rings. The molecule has 0 saturated carbocycles. The van der Waals surface area contributed by atoms with Crippen LogP contribution in [0, 0.1) is 5.92 Å². The van der Waals surface area contributed by atoms with E-state index in [1.54, 1.807) is 13.8 Å². The molecule has 2 aliphatic rings. The lowest BCUT2D eigenvalue weighted by Crippen LogP contribution is -2.50. The van der Waals surface area contributed by atoms with Crippen molar-refractivity contribution in [1.29, 1.82) is 0 Å². The van der Waals surface area contributed by atoms with Gasteiger partial charge in [-0.2, -0.15) is 8.61 Å². The molecule has 196 valence electrons. The molecule has 1 aromatic carbocycles. The Morgan fingerprint density at radius 1 is 0.971 bits per heavy atom. The molecule has 1 unspecified atom stereocenters. The minimum Gasteiger partial charge on any atom is -0.465 e. The summed E-state index contributed by atoms with van der Waals surface area (Å²) in [5.41, 5.74) is 0. The third-order valence-corrected chi connectivity index (χ3v) is 10.6. The molecule has 0 bridgehead atoms. The lowest BCUT2D eigenvalue weighted by Gasteiger charge is -2.34. The number of sulfonamides is 2. The van der Waals surface area contributed by atoms with E-state index in [1.807, 2.05) is 0 Å². The topological polar surface area (TPSA) is 144 Å². The number of hydrogen-bond donors (Lipinski definition) is 2. The molecule has 0 spiro atoms. The number of rotatable bonds is 8. The van der Waals surface area contributed by atoms with Gasteiger partial charge in [0.15, 0.2) is 0 Å². The summed E-state index contributed by atoms with van der Waals surface area (Å²) >= 11 is 0. The molecular weight excluding hydrogens is 496 g/mol. The van der Waals surface area contributed by atoms with Crippen LogP contribution in [0.25, 0.3) is 0 Å². The van der Waals surface area contributed by atoms with Gasteiger partial charge in [-0.05, 0) is 49.9 Å². The first kappa shape index (κ1) is 27.4. The Morgan fingerprint density at radius 2 is 1.54 bits per heavy atom. The average Bonchev–Trinajstić information content (AvgIpc) is 2.85. The Balaban J connectivity index is 1.65. The van der Waals surface area contributed by atoms with E-state index in [4.69, 9.17) is 5.11 Å². The fourth-order valence-electron chi connectivity index (χ4n) is 4.55. The number of carboxylic acid groups (broad SMARTS) is 1. The van der Waals surface area contributed by atoms with Gasteiger partial charge in [-0.3, -0.25) is 4.79 Å². The van der Waals surface area contributed by atoms with Gasteiger partial charge in [-0.15, -0.1) is 0 Å². The average molecular weight is 531 g/mol. The second kappa shape index (κ2) is 11.2. The molecule has 35 heavy (non-hydrogen) atoms. The van der Waals surface area contributed by atoms with Gasteiger partial charge in [0.1, 0.15) is 0 Å². The summed E-state index contributed by atoms with van der Waals surface area (Å²) in [4.78, 5) is 25.2. The lowest BCUT2D eigenvalue weighted by molar-refractivity contribution is -0.127. The summed E-state index contributed by atoms with van der Waals surface area (Å²) in [5.74, 6) is -0.724. The summed E-state index contributed by atoms with van der Waals surface area (Å²) in [7, 11) is -7.59. The van der Waals surface area contributed by atoms with E-state index in [9.17, 15) is 26.4 Å². The number of amides is 2. The largest absolute Gasteiger partial charge is 0.465 e. The monoisotopic (exact) mass is 530 g/mol. The number of likely N-dealkylation sites (tertiary alicyclic amines) is 1. The Morgan fingerprint density at radius 3 is 2.09 bits per heavy atom.